The Labute approximate surface area is 128 Å². The molecule has 8 nitrogen and oxygen atoms in total. The molecule has 0 spiro atoms. The molecule has 0 amide bonds. The topological polar surface area (TPSA) is 94.7 Å². The third kappa shape index (κ3) is 3.63. The summed E-state index contributed by atoms with van der Waals surface area (Å²) in [6, 6.07) is 0. The van der Waals surface area contributed by atoms with Crippen LogP contribution < -0.4 is 16.6 Å². The number of aromatic nitrogens is 2. The van der Waals surface area contributed by atoms with Crippen molar-refractivity contribution in [2.24, 2.45) is 18.0 Å². The van der Waals surface area contributed by atoms with Gasteiger partial charge in [-0.2, -0.15) is 0 Å². The Morgan fingerprint density at radius 2 is 2.05 bits per heavy atom. The van der Waals surface area contributed by atoms with Crippen molar-refractivity contribution >= 4 is 23.7 Å². The molecule has 1 aromatic heterocycles. The van der Waals surface area contributed by atoms with Crippen molar-refractivity contribution in [3.63, 3.8) is 0 Å². The predicted molar refractivity (Wildman–Crippen MR) is 85.1 cm³/mol. The first-order valence-corrected chi connectivity index (χ1v) is 7.02. The Balaban J connectivity index is 3.17. The lowest BCUT2D eigenvalue weighted by Gasteiger charge is -2.14. The molecule has 0 saturated heterocycles. The van der Waals surface area contributed by atoms with Crippen LogP contribution in [0.2, 0.25) is 0 Å². The van der Waals surface area contributed by atoms with E-state index in [1.165, 1.54) is 17.8 Å². The van der Waals surface area contributed by atoms with Crippen LogP contribution in [0.25, 0.3) is 0 Å². The minimum atomic E-state index is -0.509. The maximum atomic E-state index is 12.4. The first-order valence-electron chi connectivity index (χ1n) is 7.02. The van der Waals surface area contributed by atoms with Gasteiger partial charge in [0.25, 0.3) is 5.56 Å². The SMILES string of the molecule is CC=Nc1c(NC)c(=O)n(CCOC(=O)C(C)C)c(=O)n1C. The second-order valence-electron chi connectivity index (χ2n) is 4.96. The minimum absolute atomic E-state index is 0.00519. The average molecular weight is 310 g/mol. The number of hydrogen-bond acceptors (Lipinski definition) is 6. The van der Waals surface area contributed by atoms with Crippen LogP contribution >= 0.6 is 0 Å². The monoisotopic (exact) mass is 310 g/mol. The third-order valence-electron chi connectivity index (χ3n) is 3.05. The number of rotatable bonds is 6. The molecule has 122 valence electrons. The van der Waals surface area contributed by atoms with E-state index in [4.69, 9.17) is 4.74 Å². The fourth-order valence-electron chi connectivity index (χ4n) is 1.85. The van der Waals surface area contributed by atoms with Crippen molar-refractivity contribution in [1.82, 2.24) is 9.13 Å². The molecule has 0 saturated carbocycles. The van der Waals surface area contributed by atoms with E-state index in [1.807, 2.05) is 0 Å². The molecule has 0 fully saturated rings. The number of esters is 1. The Morgan fingerprint density at radius 1 is 1.41 bits per heavy atom. The molecule has 0 unspecified atom stereocenters. The summed E-state index contributed by atoms with van der Waals surface area (Å²) in [6.07, 6.45) is 1.50. The molecule has 8 heteroatoms. The Bertz CT molecular complexity index is 685. The molecule has 0 bridgehead atoms. The van der Waals surface area contributed by atoms with E-state index in [1.54, 1.807) is 27.8 Å². The molecule has 0 aliphatic heterocycles. The van der Waals surface area contributed by atoms with Crippen LogP contribution in [0.15, 0.2) is 14.6 Å². The second-order valence-corrected chi connectivity index (χ2v) is 4.96. The van der Waals surface area contributed by atoms with Crippen LogP contribution in [0.4, 0.5) is 11.5 Å². The fourth-order valence-corrected chi connectivity index (χ4v) is 1.85. The summed E-state index contributed by atoms with van der Waals surface area (Å²) in [4.78, 5) is 40.1. The van der Waals surface area contributed by atoms with Crippen molar-refractivity contribution in [2.45, 2.75) is 27.3 Å². The van der Waals surface area contributed by atoms with Crippen molar-refractivity contribution in [1.29, 1.82) is 0 Å². The largest absolute Gasteiger partial charge is 0.464 e. The van der Waals surface area contributed by atoms with Crippen molar-refractivity contribution < 1.29 is 9.53 Å². The smallest absolute Gasteiger partial charge is 0.332 e. The lowest BCUT2D eigenvalue weighted by Crippen LogP contribution is -2.41. The molecule has 1 aromatic rings. The average Bonchev–Trinajstić information content (AvgIpc) is 2.48. The zero-order chi connectivity index (χ0) is 16.9. The third-order valence-corrected chi connectivity index (χ3v) is 3.05. The molecule has 0 atom stereocenters. The molecule has 0 aromatic carbocycles. The predicted octanol–water partition coefficient (Wildman–Crippen LogP) is 0.510. The highest BCUT2D eigenvalue weighted by Crippen LogP contribution is 2.16. The Kier molecular flexibility index (Phi) is 6.09. The zero-order valence-electron chi connectivity index (χ0n) is 13.5. The van der Waals surface area contributed by atoms with Crippen LogP contribution in [-0.2, 0) is 23.1 Å². The number of nitrogens with one attached hydrogen (secondary N) is 1. The van der Waals surface area contributed by atoms with Gasteiger partial charge in [0.05, 0.1) is 12.5 Å². The Hall–Kier alpha value is -2.38. The number of anilines is 1. The van der Waals surface area contributed by atoms with Crippen LogP contribution in [0.5, 0.6) is 0 Å². The van der Waals surface area contributed by atoms with Gasteiger partial charge in [-0.25, -0.2) is 9.79 Å². The van der Waals surface area contributed by atoms with Crippen LogP contribution in [0.1, 0.15) is 20.8 Å². The van der Waals surface area contributed by atoms with Gasteiger partial charge in [0, 0.05) is 20.3 Å². The van der Waals surface area contributed by atoms with Crippen LogP contribution in [0.3, 0.4) is 0 Å². The molecule has 0 aliphatic carbocycles. The lowest BCUT2D eigenvalue weighted by molar-refractivity contribution is -0.147. The normalized spacial score (nSPS) is 11.2. The summed E-state index contributed by atoms with van der Waals surface area (Å²) in [6.45, 7) is 5.08. The summed E-state index contributed by atoms with van der Waals surface area (Å²) in [5.41, 5.74) is -0.785. The summed E-state index contributed by atoms with van der Waals surface area (Å²) in [7, 11) is 3.11. The summed E-state index contributed by atoms with van der Waals surface area (Å²) in [5, 5.41) is 2.76. The van der Waals surface area contributed by atoms with Crippen LogP contribution in [-0.4, -0.2) is 35.0 Å². The summed E-state index contributed by atoms with van der Waals surface area (Å²) in [5.74, 6) is -0.366. The van der Waals surface area contributed by atoms with Gasteiger partial charge in [0.15, 0.2) is 5.82 Å². The van der Waals surface area contributed by atoms with Gasteiger partial charge in [-0.1, -0.05) is 13.8 Å². The molecular weight excluding hydrogens is 288 g/mol. The number of nitrogens with zero attached hydrogens (tertiary/aromatic N) is 3. The highest BCUT2D eigenvalue weighted by Gasteiger charge is 2.16. The van der Waals surface area contributed by atoms with E-state index in [2.05, 4.69) is 10.3 Å². The fraction of sp³-hybridized carbons (Fsp3) is 0.571. The molecule has 0 radical (unpaired) electrons. The zero-order valence-corrected chi connectivity index (χ0v) is 13.5. The first kappa shape index (κ1) is 17.7. The minimum Gasteiger partial charge on any atom is -0.464 e. The highest BCUT2D eigenvalue weighted by atomic mass is 16.5. The molecule has 1 N–H and O–H groups in total. The van der Waals surface area contributed by atoms with Crippen molar-refractivity contribution in [3.8, 4) is 0 Å². The summed E-state index contributed by atoms with van der Waals surface area (Å²) < 4.78 is 7.31. The first-order chi connectivity index (χ1) is 10.3. The molecule has 1 rings (SSSR count). The number of carbonyl (C=O) groups is 1. The van der Waals surface area contributed by atoms with Crippen LogP contribution in [0, 0.1) is 5.92 Å². The van der Waals surface area contributed by atoms with E-state index in [0.29, 0.717) is 0 Å². The van der Waals surface area contributed by atoms with E-state index in [-0.39, 0.29) is 36.5 Å². The number of hydrogen-bond donors (Lipinski definition) is 1. The van der Waals surface area contributed by atoms with E-state index < -0.39 is 11.2 Å². The van der Waals surface area contributed by atoms with Gasteiger partial charge < -0.3 is 10.1 Å². The number of carbonyl (C=O) groups excluding carboxylic acids is 1. The molecule has 1 heterocycles. The maximum absolute atomic E-state index is 12.4. The van der Waals surface area contributed by atoms with E-state index in [0.717, 1.165) is 4.57 Å². The Morgan fingerprint density at radius 3 is 2.55 bits per heavy atom. The van der Waals surface area contributed by atoms with Gasteiger partial charge in [0.1, 0.15) is 12.3 Å². The molecular formula is C14H22N4O4. The van der Waals surface area contributed by atoms with Gasteiger partial charge in [0.2, 0.25) is 0 Å². The van der Waals surface area contributed by atoms with E-state index >= 15 is 0 Å². The summed E-state index contributed by atoms with van der Waals surface area (Å²) >= 11 is 0. The maximum Gasteiger partial charge on any atom is 0.332 e. The van der Waals surface area contributed by atoms with Crippen molar-refractivity contribution in [2.75, 3.05) is 19.0 Å². The second kappa shape index (κ2) is 7.58. The quantitative estimate of drug-likeness (QED) is 0.610. The van der Waals surface area contributed by atoms with Gasteiger partial charge in [-0.3, -0.25) is 18.7 Å². The lowest BCUT2D eigenvalue weighted by atomic mass is 10.2. The van der Waals surface area contributed by atoms with Crippen molar-refractivity contribution in [3.05, 3.63) is 20.8 Å². The highest BCUT2D eigenvalue weighted by molar-refractivity contribution is 5.71. The van der Waals surface area contributed by atoms with Gasteiger partial charge in [-0.05, 0) is 6.92 Å². The number of ether oxygens (including phenoxy) is 1. The van der Waals surface area contributed by atoms with Gasteiger partial charge >= 0.3 is 11.7 Å². The van der Waals surface area contributed by atoms with E-state index in [9.17, 15) is 14.4 Å². The molecule has 0 aliphatic rings. The molecule has 22 heavy (non-hydrogen) atoms. The number of aliphatic imine (C=N–C) groups is 1. The standard InChI is InChI=1S/C14H22N4O4/c1-6-16-11-10(15-4)12(19)18(14(21)17(11)5)7-8-22-13(20)9(2)3/h6,9,15H,7-8H2,1-5H3. The van der Waals surface area contributed by atoms with Gasteiger partial charge in [-0.15, -0.1) is 0 Å².